The fourth-order valence-corrected chi connectivity index (χ4v) is 1.93. The number of halogens is 1. The highest BCUT2D eigenvalue weighted by Gasteiger charge is 2.07. The van der Waals surface area contributed by atoms with Crippen LogP contribution in [0.25, 0.3) is 0 Å². The molecule has 0 spiro atoms. The van der Waals surface area contributed by atoms with E-state index in [-0.39, 0.29) is 12.2 Å². The number of nitrogens with zero attached hydrogens (tertiary/aromatic N) is 2. The lowest BCUT2D eigenvalue weighted by molar-refractivity contribution is -0.384. The minimum Gasteiger partial charge on any atom is -0.343 e. The van der Waals surface area contributed by atoms with Crippen LogP contribution >= 0.6 is 11.6 Å². The van der Waals surface area contributed by atoms with Crippen molar-refractivity contribution in [3.8, 4) is 0 Å². The largest absolute Gasteiger partial charge is 0.343 e. The quantitative estimate of drug-likeness (QED) is 0.466. The van der Waals surface area contributed by atoms with Gasteiger partial charge in [0.25, 0.3) is 17.5 Å². The maximum atomic E-state index is 11.8. The molecule has 0 aliphatic heterocycles. The van der Waals surface area contributed by atoms with Crippen LogP contribution in [0.15, 0.2) is 53.6 Å². The summed E-state index contributed by atoms with van der Waals surface area (Å²) in [5, 5.41) is 17.3. The Morgan fingerprint density at radius 2 is 1.92 bits per heavy atom. The molecular formula is C16H13ClN4O4. The predicted octanol–water partition coefficient (Wildman–Crippen LogP) is 2.13. The van der Waals surface area contributed by atoms with Gasteiger partial charge in [0.1, 0.15) is 0 Å². The number of hydrazone groups is 1. The molecule has 0 fully saturated rings. The molecule has 2 aromatic rings. The Labute approximate surface area is 147 Å². The monoisotopic (exact) mass is 360 g/mol. The van der Waals surface area contributed by atoms with E-state index in [2.05, 4.69) is 15.8 Å². The van der Waals surface area contributed by atoms with Crippen LogP contribution in [-0.2, 0) is 4.79 Å². The lowest BCUT2D eigenvalue weighted by Crippen LogP contribution is -2.34. The summed E-state index contributed by atoms with van der Waals surface area (Å²) in [4.78, 5) is 33.6. The number of rotatable bonds is 6. The van der Waals surface area contributed by atoms with E-state index in [1.165, 1.54) is 36.5 Å². The van der Waals surface area contributed by atoms with Crippen LogP contribution in [0.4, 0.5) is 5.69 Å². The number of amides is 2. The molecule has 0 radical (unpaired) electrons. The van der Waals surface area contributed by atoms with E-state index in [9.17, 15) is 19.7 Å². The number of nitro groups is 1. The normalized spacial score (nSPS) is 10.4. The van der Waals surface area contributed by atoms with Gasteiger partial charge in [-0.15, -0.1) is 0 Å². The van der Waals surface area contributed by atoms with Gasteiger partial charge in [0.2, 0.25) is 0 Å². The van der Waals surface area contributed by atoms with Crippen LogP contribution in [-0.4, -0.2) is 29.5 Å². The van der Waals surface area contributed by atoms with E-state index in [0.717, 1.165) is 0 Å². The summed E-state index contributed by atoms with van der Waals surface area (Å²) >= 11 is 5.73. The first kappa shape index (κ1) is 18.1. The molecular weight excluding hydrogens is 348 g/mol. The molecule has 9 heteroatoms. The van der Waals surface area contributed by atoms with Crippen molar-refractivity contribution in [2.24, 2.45) is 5.10 Å². The molecule has 0 bridgehead atoms. The molecule has 2 N–H and O–H groups in total. The average Bonchev–Trinajstić information content (AvgIpc) is 2.60. The number of non-ortho nitro benzene ring substituents is 1. The molecule has 2 amide bonds. The van der Waals surface area contributed by atoms with E-state index in [1.807, 2.05) is 0 Å². The van der Waals surface area contributed by atoms with Crippen molar-refractivity contribution >= 4 is 35.3 Å². The Morgan fingerprint density at radius 3 is 2.60 bits per heavy atom. The first-order chi connectivity index (χ1) is 12.0. The molecule has 8 nitrogen and oxygen atoms in total. The van der Waals surface area contributed by atoms with E-state index in [1.54, 1.807) is 18.2 Å². The second-order valence-electron chi connectivity index (χ2n) is 4.83. The first-order valence-electron chi connectivity index (χ1n) is 7.06. The van der Waals surface area contributed by atoms with Crippen molar-refractivity contribution in [2.75, 3.05) is 6.54 Å². The molecule has 0 atom stereocenters. The number of carbonyl (C=O) groups excluding carboxylic acids is 2. The number of nitrogens with one attached hydrogen (secondary N) is 2. The summed E-state index contributed by atoms with van der Waals surface area (Å²) in [5.41, 5.74) is 2.97. The van der Waals surface area contributed by atoms with Crippen molar-refractivity contribution in [1.29, 1.82) is 0 Å². The third kappa shape index (κ3) is 5.70. The summed E-state index contributed by atoms with van der Waals surface area (Å²) in [7, 11) is 0. The van der Waals surface area contributed by atoms with Crippen molar-refractivity contribution in [3.63, 3.8) is 0 Å². The van der Waals surface area contributed by atoms with Gasteiger partial charge in [0.05, 0.1) is 17.7 Å². The van der Waals surface area contributed by atoms with Gasteiger partial charge in [-0.2, -0.15) is 5.10 Å². The topological polar surface area (TPSA) is 114 Å². The van der Waals surface area contributed by atoms with Gasteiger partial charge in [-0.25, -0.2) is 5.43 Å². The van der Waals surface area contributed by atoms with Crippen LogP contribution < -0.4 is 10.7 Å². The van der Waals surface area contributed by atoms with Crippen LogP contribution in [0.5, 0.6) is 0 Å². The minimum atomic E-state index is -0.538. The summed E-state index contributed by atoms with van der Waals surface area (Å²) in [6.07, 6.45) is 1.27. The van der Waals surface area contributed by atoms with Crippen molar-refractivity contribution < 1.29 is 14.5 Å². The van der Waals surface area contributed by atoms with Crippen molar-refractivity contribution in [2.45, 2.75) is 0 Å². The fraction of sp³-hybridized carbons (Fsp3) is 0.0625. The molecule has 0 unspecified atom stereocenters. The Morgan fingerprint density at radius 1 is 1.20 bits per heavy atom. The number of nitro benzene ring substituents is 1. The van der Waals surface area contributed by atoms with Crippen LogP contribution in [0.3, 0.4) is 0 Å². The van der Waals surface area contributed by atoms with E-state index in [4.69, 9.17) is 11.6 Å². The molecule has 0 aliphatic rings. The average molecular weight is 361 g/mol. The molecule has 2 aromatic carbocycles. The molecule has 2 rings (SSSR count). The second-order valence-corrected chi connectivity index (χ2v) is 5.27. The molecule has 0 saturated heterocycles. The standard InChI is InChI=1S/C16H13ClN4O4/c17-13-6-4-12(5-7-13)16(23)18-10-15(22)20-19-9-11-2-1-3-14(8-11)21(24)25/h1-9H,10H2,(H,18,23)(H,20,22)/b19-9+. The van der Waals surface area contributed by atoms with Crippen molar-refractivity contribution in [1.82, 2.24) is 10.7 Å². The highest BCUT2D eigenvalue weighted by molar-refractivity contribution is 6.30. The Hall–Kier alpha value is -3.26. The summed E-state index contributed by atoms with van der Waals surface area (Å²) in [6, 6.07) is 12.0. The lowest BCUT2D eigenvalue weighted by atomic mass is 10.2. The Kier molecular flexibility index (Phi) is 6.19. The number of carbonyl (C=O) groups is 2. The van der Waals surface area contributed by atoms with Crippen molar-refractivity contribution in [3.05, 3.63) is 74.8 Å². The van der Waals surface area contributed by atoms with Crippen LogP contribution in [0, 0.1) is 10.1 Å². The van der Waals surface area contributed by atoms with Crippen LogP contribution in [0.1, 0.15) is 15.9 Å². The highest BCUT2D eigenvalue weighted by atomic mass is 35.5. The van der Waals surface area contributed by atoms with Gasteiger partial charge in [-0.3, -0.25) is 19.7 Å². The smallest absolute Gasteiger partial charge is 0.270 e. The van der Waals surface area contributed by atoms with Gasteiger partial charge in [-0.1, -0.05) is 23.7 Å². The number of hydrogen-bond donors (Lipinski definition) is 2. The van der Waals surface area contributed by atoms with Gasteiger partial charge in [0, 0.05) is 28.3 Å². The number of hydrogen-bond acceptors (Lipinski definition) is 5. The van der Waals surface area contributed by atoms with Gasteiger partial charge >= 0.3 is 0 Å². The first-order valence-corrected chi connectivity index (χ1v) is 7.43. The zero-order valence-electron chi connectivity index (χ0n) is 12.8. The fourth-order valence-electron chi connectivity index (χ4n) is 1.80. The molecule has 0 saturated carbocycles. The van der Waals surface area contributed by atoms with E-state index in [0.29, 0.717) is 16.1 Å². The SMILES string of the molecule is O=C(CNC(=O)c1ccc(Cl)cc1)N/N=C/c1cccc([N+](=O)[O-])c1. The summed E-state index contributed by atoms with van der Waals surface area (Å²) in [5.74, 6) is -0.960. The second kappa shape index (κ2) is 8.55. The summed E-state index contributed by atoms with van der Waals surface area (Å²) in [6.45, 7) is -0.270. The predicted molar refractivity (Wildman–Crippen MR) is 92.6 cm³/mol. The van der Waals surface area contributed by atoms with Gasteiger partial charge < -0.3 is 5.32 Å². The molecule has 25 heavy (non-hydrogen) atoms. The Balaban J connectivity index is 1.82. The molecule has 0 aromatic heterocycles. The van der Waals surface area contributed by atoms with Gasteiger partial charge in [-0.05, 0) is 24.3 Å². The van der Waals surface area contributed by atoms with E-state index >= 15 is 0 Å². The summed E-state index contributed by atoms with van der Waals surface area (Å²) < 4.78 is 0. The van der Waals surface area contributed by atoms with Gasteiger partial charge in [0.15, 0.2) is 0 Å². The zero-order chi connectivity index (χ0) is 18.2. The van der Waals surface area contributed by atoms with E-state index < -0.39 is 16.7 Å². The third-order valence-electron chi connectivity index (χ3n) is 3.00. The molecule has 128 valence electrons. The zero-order valence-corrected chi connectivity index (χ0v) is 13.6. The lowest BCUT2D eigenvalue weighted by Gasteiger charge is -2.04. The molecule has 0 aliphatic carbocycles. The minimum absolute atomic E-state index is 0.0782. The molecule has 0 heterocycles. The maximum Gasteiger partial charge on any atom is 0.270 e. The van der Waals surface area contributed by atoms with Crippen LogP contribution in [0.2, 0.25) is 5.02 Å². The highest BCUT2D eigenvalue weighted by Crippen LogP contribution is 2.11. The maximum absolute atomic E-state index is 11.8. The third-order valence-corrected chi connectivity index (χ3v) is 3.25. The Bertz CT molecular complexity index is 821. The number of benzene rings is 2.